The number of nitrogens with one attached hydrogen (secondary N) is 1. The third-order valence-corrected chi connectivity index (χ3v) is 3.08. The highest BCUT2D eigenvalue weighted by molar-refractivity contribution is 5.11. The number of hydrogen-bond acceptors (Lipinski definition) is 3. The van der Waals surface area contributed by atoms with Gasteiger partial charge in [-0.25, -0.2) is 4.39 Å². The minimum atomic E-state index is -1.38. The zero-order chi connectivity index (χ0) is 11.4. The average Bonchev–Trinajstić information content (AvgIpc) is 2.31. The van der Waals surface area contributed by atoms with Crippen LogP contribution in [0.5, 0.6) is 0 Å². The van der Waals surface area contributed by atoms with E-state index in [0.29, 0.717) is 25.4 Å². The molecule has 2 rings (SSSR count). The van der Waals surface area contributed by atoms with Crippen molar-refractivity contribution in [1.82, 2.24) is 5.32 Å². The summed E-state index contributed by atoms with van der Waals surface area (Å²) < 4.78 is 25.2. The van der Waals surface area contributed by atoms with Crippen molar-refractivity contribution < 1.29 is 13.9 Å². The molecule has 2 aliphatic heterocycles. The Morgan fingerprint density at radius 3 is 3.06 bits per heavy atom. The van der Waals surface area contributed by atoms with E-state index in [9.17, 15) is 4.39 Å². The van der Waals surface area contributed by atoms with Crippen molar-refractivity contribution in [2.24, 2.45) is 0 Å². The fourth-order valence-electron chi connectivity index (χ4n) is 2.23. The van der Waals surface area contributed by atoms with Crippen molar-refractivity contribution in [2.45, 2.75) is 37.9 Å². The van der Waals surface area contributed by atoms with Crippen LogP contribution in [0.15, 0.2) is 11.8 Å². The summed E-state index contributed by atoms with van der Waals surface area (Å²) in [6.45, 7) is 4.35. The minimum absolute atomic E-state index is 0.0928. The second kappa shape index (κ2) is 5.15. The summed E-state index contributed by atoms with van der Waals surface area (Å²) in [5.74, 6) is 0.506. The first-order valence-electron chi connectivity index (χ1n) is 6.02. The Kier molecular flexibility index (Phi) is 3.82. The fourth-order valence-corrected chi connectivity index (χ4v) is 2.23. The van der Waals surface area contributed by atoms with Crippen molar-refractivity contribution in [2.75, 3.05) is 26.4 Å². The van der Waals surface area contributed by atoms with E-state index < -0.39 is 5.67 Å². The first kappa shape index (κ1) is 11.9. The summed E-state index contributed by atoms with van der Waals surface area (Å²) in [5.41, 5.74) is -1.38. The van der Waals surface area contributed by atoms with Crippen LogP contribution in [0.1, 0.15) is 26.2 Å². The molecule has 1 N–H and O–H groups in total. The first-order chi connectivity index (χ1) is 7.68. The summed E-state index contributed by atoms with van der Waals surface area (Å²) in [6, 6.07) is 0.0928. The van der Waals surface area contributed by atoms with E-state index >= 15 is 0 Å². The van der Waals surface area contributed by atoms with Crippen LogP contribution in [0.2, 0.25) is 0 Å². The Balaban J connectivity index is 1.92. The predicted octanol–water partition coefficient (Wildman–Crippen LogP) is 1.79. The standard InChI is InChI=1S/C12H20FNO2/c1-12(13,11-4-2-3-6-16-11)8-10-9-15-7-5-14-10/h4,10,14H,2-3,5-9H2,1H3. The lowest BCUT2D eigenvalue weighted by molar-refractivity contribution is 0.0326. The molecule has 0 radical (unpaired) electrons. The van der Waals surface area contributed by atoms with Crippen molar-refractivity contribution >= 4 is 0 Å². The lowest BCUT2D eigenvalue weighted by Crippen LogP contribution is -2.45. The van der Waals surface area contributed by atoms with E-state index in [0.717, 1.165) is 26.0 Å². The smallest absolute Gasteiger partial charge is 0.166 e. The van der Waals surface area contributed by atoms with Crippen molar-refractivity contribution in [1.29, 1.82) is 0 Å². The van der Waals surface area contributed by atoms with E-state index in [4.69, 9.17) is 9.47 Å². The quantitative estimate of drug-likeness (QED) is 0.800. The third-order valence-electron chi connectivity index (χ3n) is 3.08. The van der Waals surface area contributed by atoms with Crippen LogP contribution < -0.4 is 5.32 Å². The molecule has 2 heterocycles. The topological polar surface area (TPSA) is 30.5 Å². The van der Waals surface area contributed by atoms with Gasteiger partial charge in [-0.2, -0.15) is 0 Å². The molecule has 2 atom stereocenters. The molecule has 0 spiro atoms. The molecular formula is C12H20FNO2. The van der Waals surface area contributed by atoms with E-state index in [1.807, 2.05) is 6.08 Å². The summed E-state index contributed by atoms with van der Waals surface area (Å²) in [6.07, 6.45) is 4.21. The normalized spacial score (nSPS) is 30.1. The molecule has 2 aliphatic rings. The van der Waals surface area contributed by atoms with Crippen molar-refractivity contribution in [3.63, 3.8) is 0 Å². The van der Waals surface area contributed by atoms with Crippen molar-refractivity contribution in [3.8, 4) is 0 Å². The first-order valence-corrected chi connectivity index (χ1v) is 6.02. The SMILES string of the molecule is CC(F)(CC1COCCN1)C1=CCCCO1. The Morgan fingerprint density at radius 2 is 2.44 bits per heavy atom. The predicted molar refractivity (Wildman–Crippen MR) is 60.0 cm³/mol. The Bertz CT molecular complexity index is 260. The number of halogens is 1. The molecule has 1 fully saturated rings. The number of allylic oxidation sites excluding steroid dienone is 2. The number of ether oxygens (including phenoxy) is 2. The molecule has 0 bridgehead atoms. The molecule has 0 aromatic rings. The van der Waals surface area contributed by atoms with Gasteiger partial charge in [0.25, 0.3) is 0 Å². The molecule has 0 aromatic carbocycles. The van der Waals surface area contributed by atoms with Crippen molar-refractivity contribution in [3.05, 3.63) is 11.8 Å². The summed E-state index contributed by atoms with van der Waals surface area (Å²) in [7, 11) is 0. The molecule has 3 nitrogen and oxygen atoms in total. The maximum atomic E-state index is 14.5. The van der Waals surface area contributed by atoms with Crippen LogP contribution in [-0.4, -0.2) is 38.1 Å². The lowest BCUT2D eigenvalue weighted by Gasteiger charge is -2.32. The van der Waals surface area contributed by atoms with Gasteiger partial charge in [0.15, 0.2) is 5.67 Å². The van der Waals surface area contributed by atoms with Gasteiger partial charge in [-0.15, -0.1) is 0 Å². The molecule has 16 heavy (non-hydrogen) atoms. The highest BCUT2D eigenvalue weighted by Crippen LogP contribution is 2.31. The van der Waals surface area contributed by atoms with Gasteiger partial charge in [-0.1, -0.05) is 0 Å². The van der Waals surface area contributed by atoms with Crippen LogP contribution >= 0.6 is 0 Å². The van der Waals surface area contributed by atoms with Gasteiger partial charge in [-0.05, 0) is 25.8 Å². The van der Waals surface area contributed by atoms with Crippen LogP contribution in [-0.2, 0) is 9.47 Å². The number of rotatable bonds is 3. The molecule has 1 saturated heterocycles. The Labute approximate surface area is 96.0 Å². The van der Waals surface area contributed by atoms with Crippen LogP contribution in [0.3, 0.4) is 0 Å². The van der Waals surface area contributed by atoms with Crippen LogP contribution in [0, 0.1) is 0 Å². The summed E-state index contributed by atoms with van der Waals surface area (Å²) in [4.78, 5) is 0. The highest BCUT2D eigenvalue weighted by Gasteiger charge is 2.34. The summed E-state index contributed by atoms with van der Waals surface area (Å²) >= 11 is 0. The number of hydrogen-bond donors (Lipinski definition) is 1. The zero-order valence-electron chi connectivity index (χ0n) is 9.80. The molecule has 4 heteroatoms. The van der Waals surface area contributed by atoms with Gasteiger partial charge in [0.2, 0.25) is 0 Å². The number of alkyl halides is 1. The largest absolute Gasteiger partial charge is 0.495 e. The molecule has 2 unspecified atom stereocenters. The maximum Gasteiger partial charge on any atom is 0.166 e. The molecular weight excluding hydrogens is 209 g/mol. The zero-order valence-corrected chi connectivity index (χ0v) is 9.80. The minimum Gasteiger partial charge on any atom is -0.495 e. The van der Waals surface area contributed by atoms with Gasteiger partial charge >= 0.3 is 0 Å². The lowest BCUT2D eigenvalue weighted by atomic mass is 9.94. The van der Waals surface area contributed by atoms with E-state index in [2.05, 4.69) is 5.32 Å². The van der Waals surface area contributed by atoms with Gasteiger partial charge in [0.05, 0.1) is 19.8 Å². The van der Waals surface area contributed by atoms with E-state index in [1.165, 1.54) is 0 Å². The number of morpholine rings is 1. The average molecular weight is 229 g/mol. The van der Waals surface area contributed by atoms with Gasteiger partial charge in [0, 0.05) is 19.0 Å². The molecule has 92 valence electrons. The highest BCUT2D eigenvalue weighted by atomic mass is 19.1. The van der Waals surface area contributed by atoms with E-state index in [1.54, 1.807) is 6.92 Å². The van der Waals surface area contributed by atoms with E-state index in [-0.39, 0.29) is 6.04 Å². The van der Waals surface area contributed by atoms with Crippen LogP contribution in [0.4, 0.5) is 4.39 Å². The maximum absolute atomic E-state index is 14.5. The Morgan fingerprint density at radius 1 is 1.56 bits per heavy atom. The van der Waals surface area contributed by atoms with Gasteiger partial charge in [-0.3, -0.25) is 0 Å². The van der Waals surface area contributed by atoms with Gasteiger partial charge < -0.3 is 14.8 Å². The second-order valence-corrected chi connectivity index (χ2v) is 4.69. The molecule has 0 aromatic heterocycles. The third kappa shape index (κ3) is 2.95. The Hall–Kier alpha value is -0.610. The fraction of sp³-hybridized carbons (Fsp3) is 0.833. The monoisotopic (exact) mass is 229 g/mol. The molecule has 0 aliphatic carbocycles. The van der Waals surface area contributed by atoms with Crippen LogP contribution in [0.25, 0.3) is 0 Å². The summed E-state index contributed by atoms with van der Waals surface area (Å²) in [5, 5.41) is 3.27. The van der Waals surface area contributed by atoms with Gasteiger partial charge in [0.1, 0.15) is 5.76 Å². The molecule has 0 amide bonds. The molecule has 0 saturated carbocycles. The second-order valence-electron chi connectivity index (χ2n) is 4.69.